The third-order valence-corrected chi connectivity index (χ3v) is 7.74. The number of furan rings is 1. The average molecular weight is 569 g/mol. The second-order valence-corrected chi connectivity index (χ2v) is 11.5. The molecule has 9 nitrogen and oxygen atoms in total. The summed E-state index contributed by atoms with van der Waals surface area (Å²) in [7, 11) is -2.20. The molecule has 1 amide bonds. The molecule has 0 radical (unpaired) electrons. The Morgan fingerprint density at radius 1 is 1.10 bits per heavy atom. The largest absolute Gasteiger partial charge is 0.457 e. The zero-order valence-corrected chi connectivity index (χ0v) is 22.8. The zero-order chi connectivity index (χ0) is 28.4. The lowest BCUT2D eigenvalue weighted by Gasteiger charge is -2.25. The van der Waals surface area contributed by atoms with Gasteiger partial charge in [0, 0.05) is 31.8 Å². The quantitative estimate of drug-likeness (QED) is 0.249. The fraction of sp³-hybridized carbons (Fsp3) is 0.276. The Hall–Kier alpha value is -4.09. The van der Waals surface area contributed by atoms with Crippen molar-refractivity contribution in [1.82, 2.24) is 5.32 Å². The van der Waals surface area contributed by atoms with Crippen LogP contribution in [0.2, 0.25) is 0 Å². The van der Waals surface area contributed by atoms with Crippen LogP contribution < -0.4 is 19.1 Å². The van der Waals surface area contributed by atoms with Crippen molar-refractivity contribution in [2.24, 2.45) is 0 Å². The van der Waals surface area contributed by atoms with Gasteiger partial charge in [-0.15, -0.1) is 0 Å². The molecule has 1 saturated carbocycles. The summed E-state index contributed by atoms with van der Waals surface area (Å²) < 4.78 is 57.6. The van der Waals surface area contributed by atoms with Gasteiger partial charge in [0.2, 0.25) is 10.0 Å². The molecule has 0 bridgehead atoms. The third kappa shape index (κ3) is 5.90. The maximum Gasteiger partial charge on any atom is 0.412 e. The van der Waals surface area contributed by atoms with Gasteiger partial charge in [0.05, 0.1) is 17.3 Å². The number of amides is 1. The van der Waals surface area contributed by atoms with E-state index >= 15 is 0 Å². The molecule has 0 atom stereocenters. The molecule has 5 rings (SSSR count). The van der Waals surface area contributed by atoms with Gasteiger partial charge in [0.25, 0.3) is 0 Å². The number of hydrogen-bond acceptors (Lipinski definition) is 7. The van der Waals surface area contributed by atoms with E-state index in [1.807, 2.05) is 6.07 Å². The first-order valence-electron chi connectivity index (χ1n) is 12.8. The number of hydrogen-bond donors (Lipinski definition) is 2. The Balaban J connectivity index is 1.59. The van der Waals surface area contributed by atoms with Gasteiger partial charge in [-0.05, 0) is 85.3 Å². The Kier molecular flexibility index (Phi) is 7.68. The van der Waals surface area contributed by atoms with Crippen molar-refractivity contribution in [2.75, 3.05) is 30.8 Å². The molecule has 11 heteroatoms. The van der Waals surface area contributed by atoms with Gasteiger partial charge in [0.1, 0.15) is 22.9 Å². The van der Waals surface area contributed by atoms with Gasteiger partial charge in [0.15, 0.2) is 11.5 Å². The minimum absolute atomic E-state index is 0.116. The highest BCUT2D eigenvalue weighted by molar-refractivity contribution is 7.92. The Labute approximate surface area is 231 Å². The second-order valence-electron chi connectivity index (χ2n) is 9.57. The lowest BCUT2D eigenvalue weighted by atomic mass is 10.0. The Bertz CT molecular complexity index is 1630. The number of ether oxygens (including phenoxy) is 2. The minimum atomic E-state index is -3.65. The number of nitrogens with one attached hydrogen (secondary N) is 1. The fourth-order valence-electron chi connectivity index (χ4n) is 4.49. The number of nitrogens with zero attached hydrogens (tertiary/aromatic N) is 1. The molecule has 4 aromatic rings. The van der Waals surface area contributed by atoms with E-state index in [4.69, 9.17) is 13.9 Å². The van der Waals surface area contributed by atoms with E-state index in [2.05, 4.69) is 5.32 Å². The number of benzene rings is 3. The van der Waals surface area contributed by atoms with Crippen LogP contribution in [0.3, 0.4) is 0 Å². The first kappa shape index (κ1) is 27.5. The maximum atomic E-state index is 13.2. The standard InChI is InChI=1S/C29H29FN2O7S/c1-31-29(34)39-28-24-16-23(18-4-5-18)25(32(14-3-15-33)40(2,35)36)17-26(24)38-27(28)19-6-10-21(11-7-19)37-22-12-8-20(30)9-13-22/h6-13,16-18,33H,3-5,14-15H2,1-2H3,(H,31,34). The SMILES string of the molecule is CNC(=O)Oc1c(-c2ccc(Oc3ccc(F)cc3)cc2)oc2cc(N(CCCO)S(C)(=O)=O)c(C3CC3)cc12. The van der Waals surface area contributed by atoms with E-state index in [1.165, 1.54) is 35.6 Å². The van der Waals surface area contributed by atoms with Crippen molar-refractivity contribution >= 4 is 32.8 Å². The van der Waals surface area contributed by atoms with Crippen LogP contribution in [0, 0.1) is 5.82 Å². The van der Waals surface area contributed by atoms with Crippen molar-refractivity contribution in [2.45, 2.75) is 25.2 Å². The normalized spacial score (nSPS) is 13.3. The van der Waals surface area contributed by atoms with Gasteiger partial charge in [-0.1, -0.05) is 0 Å². The molecule has 3 aromatic carbocycles. The molecule has 0 aliphatic heterocycles. The van der Waals surface area contributed by atoms with E-state index in [1.54, 1.807) is 30.3 Å². The van der Waals surface area contributed by atoms with Crippen LogP contribution in [-0.4, -0.2) is 46.1 Å². The molecule has 1 fully saturated rings. The summed E-state index contributed by atoms with van der Waals surface area (Å²) in [5.74, 6) is 1.26. The van der Waals surface area contributed by atoms with Crippen LogP contribution in [0.1, 0.15) is 30.7 Å². The number of carbonyl (C=O) groups is 1. The van der Waals surface area contributed by atoms with E-state index in [-0.39, 0.29) is 42.8 Å². The summed E-state index contributed by atoms with van der Waals surface area (Å²) in [6, 6.07) is 16.0. The Morgan fingerprint density at radius 2 is 1.75 bits per heavy atom. The van der Waals surface area contributed by atoms with Crippen LogP contribution in [0.15, 0.2) is 65.1 Å². The van der Waals surface area contributed by atoms with E-state index in [9.17, 15) is 22.7 Å². The molecular formula is C29H29FN2O7S. The van der Waals surface area contributed by atoms with E-state index in [0.29, 0.717) is 33.7 Å². The highest BCUT2D eigenvalue weighted by atomic mass is 32.2. The highest BCUT2D eigenvalue weighted by Crippen LogP contribution is 2.49. The molecule has 0 spiro atoms. The summed E-state index contributed by atoms with van der Waals surface area (Å²) >= 11 is 0. The van der Waals surface area contributed by atoms with Gasteiger partial charge < -0.3 is 24.3 Å². The summed E-state index contributed by atoms with van der Waals surface area (Å²) in [6.07, 6.45) is 2.53. The summed E-state index contributed by atoms with van der Waals surface area (Å²) in [6.45, 7) is -0.0336. The lowest BCUT2D eigenvalue weighted by molar-refractivity contribution is 0.203. The van der Waals surface area contributed by atoms with Crippen molar-refractivity contribution in [3.8, 4) is 28.6 Å². The van der Waals surface area contributed by atoms with Crippen molar-refractivity contribution in [1.29, 1.82) is 0 Å². The number of aliphatic hydroxyl groups excluding tert-OH is 1. The third-order valence-electron chi connectivity index (χ3n) is 6.56. The number of sulfonamides is 1. The second kappa shape index (κ2) is 11.2. The summed E-state index contributed by atoms with van der Waals surface area (Å²) in [4.78, 5) is 12.3. The maximum absolute atomic E-state index is 13.2. The van der Waals surface area contributed by atoms with Crippen LogP contribution in [0.4, 0.5) is 14.9 Å². The van der Waals surface area contributed by atoms with Gasteiger partial charge in [-0.25, -0.2) is 17.6 Å². The molecule has 0 saturated heterocycles. The van der Waals surface area contributed by atoms with E-state index in [0.717, 1.165) is 24.7 Å². The number of aliphatic hydroxyl groups is 1. The smallest absolute Gasteiger partial charge is 0.412 e. The number of halogens is 1. The predicted octanol–water partition coefficient (Wildman–Crippen LogP) is 5.78. The van der Waals surface area contributed by atoms with Crippen molar-refractivity contribution in [3.05, 3.63) is 72.0 Å². The molecule has 1 aliphatic rings. The van der Waals surface area contributed by atoms with Gasteiger partial charge in [-0.2, -0.15) is 0 Å². The molecule has 0 unspecified atom stereocenters. The van der Waals surface area contributed by atoms with Gasteiger partial charge in [-0.3, -0.25) is 4.31 Å². The average Bonchev–Trinajstić information content (AvgIpc) is 3.72. The molecule has 1 heterocycles. The molecule has 210 valence electrons. The number of anilines is 1. The monoisotopic (exact) mass is 568 g/mol. The summed E-state index contributed by atoms with van der Waals surface area (Å²) in [5.41, 5.74) is 2.24. The van der Waals surface area contributed by atoms with Gasteiger partial charge >= 0.3 is 6.09 Å². The number of carbonyl (C=O) groups excluding carboxylic acids is 1. The fourth-order valence-corrected chi connectivity index (χ4v) is 5.47. The summed E-state index contributed by atoms with van der Waals surface area (Å²) in [5, 5.41) is 12.3. The Morgan fingerprint density at radius 3 is 2.33 bits per heavy atom. The first-order valence-corrected chi connectivity index (χ1v) is 14.6. The molecule has 2 N–H and O–H groups in total. The van der Waals surface area contributed by atoms with Crippen LogP contribution in [-0.2, 0) is 10.0 Å². The topological polar surface area (TPSA) is 118 Å². The van der Waals surface area contributed by atoms with Crippen molar-refractivity contribution < 1.29 is 36.6 Å². The minimum Gasteiger partial charge on any atom is -0.457 e. The molecular weight excluding hydrogens is 539 g/mol. The highest BCUT2D eigenvalue weighted by Gasteiger charge is 2.32. The van der Waals surface area contributed by atoms with Crippen LogP contribution in [0.5, 0.6) is 17.2 Å². The molecule has 40 heavy (non-hydrogen) atoms. The predicted molar refractivity (Wildman–Crippen MR) is 149 cm³/mol. The first-order chi connectivity index (χ1) is 19.2. The van der Waals surface area contributed by atoms with Crippen LogP contribution in [0.25, 0.3) is 22.3 Å². The molecule has 1 aliphatic carbocycles. The molecule has 1 aromatic heterocycles. The number of fused-ring (bicyclic) bond motifs is 1. The zero-order valence-electron chi connectivity index (χ0n) is 22.0. The van der Waals surface area contributed by atoms with Crippen molar-refractivity contribution in [3.63, 3.8) is 0 Å². The van der Waals surface area contributed by atoms with Crippen LogP contribution >= 0.6 is 0 Å². The lowest BCUT2D eigenvalue weighted by Crippen LogP contribution is -2.32. The van der Waals surface area contributed by atoms with E-state index < -0.39 is 16.1 Å². The number of rotatable bonds is 10.